The molecule has 1 aliphatic rings. The average Bonchev–Trinajstić information content (AvgIpc) is 3.17. The Morgan fingerprint density at radius 3 is 2.70 bits per heavy atom. The van der Waals surface area contributed by atoms with Crippen molar-refractivity contribution >= 4 is 11.9 Å². The lowest BCUT2D eigenvalue weighted by molar-refractivity contribution is 0.0696. The molecule has 0 radical (unpaired) electrons. The Balaban J connectivity index is 1.87. The SMILES string of the molecule is Cc1nc(C2(NC(=O)c3cc(C(=O)O)ccn3)CCCC2)no1. The molecular weight excluding hydrogens is 300 g/mol. The van der Waals surface area contributed by atoms with Crippen molar-refractivity contribution in [3.63, 3.8) is 0 Å². The molecule has 23 heavy (non-hydrogen) atoms. The van der Waals surface area contributed by atoms with Crippen LogP contribution < -0.4 is 5.32 Å². The van der Waals surface area contributed by atoms with Gasteiger partial charge in [0.25, 0.3) is 5.91 Å². The molecule has 8 heteroatoms. The first-order valence-electron chi connectivity index (χ1n) is 7.33. The molecule has 1 fully saturated rings. The highest BCUT2D eigenvalue weighted by Crippen LogP contribution is 2.37. The highest BCUT2D eigenvalue weighted by atomic mass is 16.5. The Morgan fingerprint density at radius 1 is 1.35 bits per heavy atom. The standard InChI is InChI=1S/C15H16N4O4/c1-9-17-14(19-23-9)15(5-2-3-6-15)18-12(20)11-8-10(13(21)22)4-7-16-11/h4,7-8H,2-3,5-6H2,1H3,(H,18,20)(H,21,22). The second-order valence-corrected chi connectivity index (χ2v) is 5.62. The monoisotopic (exact) mass is 316 g/mol. The smallest absolute Gasteiger partial charge is 0.335 e. The van der Waals surface area contributed by atoms with Crippen molar-refractivity contribution in [2.75, 3.05) is 0 Å². The van der Waals surface area contributed by atoms with Gasteiger partial charge in [0.1, 0.15) is 11.2 Å². The number of nitrogens with one attached hydrogen (secondary N) is 1. The zero-order valence-corrected chi connectivity index (χ0v) is 12.6. The van der Waals surface area contributed by atoms with Crippen LogP contribution >= 0.6 is 0 Å². The molecule has 1 amide bonds. The quantitative estimate of drug-likeness (QED) is 0.880. The summed E-state index contributed by atoms with van der Waals surface area (Å²) < 4.78 is 5.03. The minimum atomic E-state index is -1.11. The molecule has 0 atom stereocenters. The zero-order valence-electron chi connectivity index (χ0n) is 12.6. The first-order chi connectivity index (χ1) is 11.0. The van der Waals surface area contributed by atoms with E-state index in [0.717, 1.165) is 12.8 Å². The van der Waals surface area contributed by atoms with Crippen LogP contribution in [0.1, 0.15) is 58.2 Å². The van der Waals surface area contributed by atoms with Gasteiger partial charge in [0.15, 0.2) is 5.82 Å². The van der Waals surface area contributed by atoms with Gasteiger partial charge in [-0.25, -0.2) is 4.79 Å². The lowest BCUT2D eigenvalue weighted by atomic mass is 9.96. The van der Waals surface area contributed by atoms with E-state index in [1.165, 1.54) is 18.3 Å². The van der Waals surface area contributed by atoms with Crippen molar-refractivity contribution in [3.8, 4) is 0 Å². The van der Waals surface area contributed by atoms with E-state index in [2.05, 4.69) is 20.4 Å². The molecule has 2 N–H and O–H groups in total. The summed E-state index contributed by atoms with van der Waals surface area (Å²) in [6, 6.07) is 2.59. The van der Waals surface area contributed by atoms with Crippen molar-refractivity contribution in [2.24, 2.45) is 0 Å². The summed E-state index contributed by atoms with van der Waals surface area (Å²) in [6.45, 7) is 1.69. The Hall–Kier alpha value is -2.77. The molecule has 0 unspecified atom stereocenters. The van der Waals surface area contributed by atoms with E-state index >= 15 is 0 Å². The van der Waals surface area contributed by atoms with E-state index in [4.69, 9.17) is 9.63 Å². The molecule has 0 aromatic carbocycles. The van der Waals surface area contributed by atoms with Crippen molar-refractivity contribution < 1.29 is 19.2 Å². The number of hydrogen-bond donors (Lipinski definition) is 2. The van der Waals surface area contributed by atoms with Gasteiger partial charge < -0.3 is 14.9 Å². The summed E-state index contributed by atoms with van der Waals surface area (Å²) in [7, 11) is 0. The second-order valence-electron chi connectivity index (χ2n) is 5.62. The van der Waals surface area contributed by atoms with E-state index in [-0.39, 0.29) is 11.3 Å². The molecule has 0 bridgehead atoms. The third kappa shape index (κ3) is 2.92. The van der Waals surface area contributed by atoms with Crippen LogP contribution in [-0.4, -0.2) is 32.1 Å². The number of rotatable bonds is 4. The van der Waals surface area contributed by atoms with E-state index < -0.39 is 17.4 Å². The molecule has 2 aromatic rings. The first kappa shape index (κ1) is 15.1. The van der Waals surface area contributed by atoms with Crippen molar-refractivity contribution in [1.29, 1.82) is 0 Å². The molecule has 0 aliphatic heterocycles. The highest BCUT2D eigenvalue weighted by Gasteiger charge is 2.41. The lowest BCUT2D eigenvalue weighted by Gasteiger charge is -2.26. The van der Waals surface area contributed by atoms with Crippen LogP contribution in [0.15, 0.2) is 22.9 Å². The fraction of sp³-hybridized carbons (Fsp3) is 0.400. The van der Waals surface area contributed by atoms with E-state index in [1.807, 2.05) is 0 Å². The molecule has 0 saturated heterocycles. The summed E-state index contributed by atoms with van der Waals surface area (Å²) in [5.41, 5.74) is -0.618. The maximum Gasteiger partial charge on any atom is 0.335 e. The maximum atomic E-state index is 12.5. The molecule has 1 aliphatic carbocycles. The van der Waals surface area contributed by atoms with E-state index in [1.54, 1.807) is 6.92 Å². The number of aromatic carboxylic acids is 1. The fourth-order valence-corrected chi connectivity index (χ4v) is 2.85. The van der Waals surface area contributed by atoms with Crippen LogP contribution in [0.2, 0.25) is 0 Å². The molecule has 3 rings (SSSR count). The number of amides is 1. The predicted octanol–water partition coefficient (Wildman–Crippen LogP) is 1.67. The van der Waals surface area contributed by atoms with Crippen molar-refractivity contribution in [2.45, 2.75) is 38.1 Å². The molecule has 2 heterocycles. The first-order valence-corrected chi connectivity index (χ1v) is 7.33. The van der Waals surface area contributed by atoms with Crippen LogP contribution in [0.4, 0.5) is 0 Å². The summed E-state index contributed by atoms with van der Waals surface area (Å²) in [6.07, 6.45) is 4.60. The van der Waals surface area contributed by atoms with Crippen molar-refractivity contribution in [1.82, 2.24) is 20.4 Å². The zero-order chi connectivity index (χ0) is 16.4. The molecule has 120 valence electrons. The van der Waals surface area contributed by atoms with Gasteiger partial charge in [-0.2, -0.15) is 4.98 Å². The van der Waals surface area contributed by atoms with Gasteiger partial charge in [-0.3, -0.25) is 9.78 Å². The summed E-state index contributed by atoms with van der Waals surface area (Å²) in [5, 5.41) is 15.9. The molecule has 0 spiro atoms. The van der Waals surface area contributed by atoms with Gasteiger partial charge in [-0.05, 0) is 25.0 Å². The Kier molecular flexibility index (Phi) is 3.81. The Morgan fingerprint density at radius 2 is 2.09 bits per heavy atom. The number of carboxylic acids is 1. The normalized spacial score (nSPS) is 16.2. The van der Waals surface area contributed by atoms with Gasteiger partial charge in [0.2, 0.25) is 5.89 Å². The van der Waals surface area contributed by atoms with Gasteiger partial charge in [0.05, 0.1) is 5.56 Å². The Bertz CT molecular complexity index is 749. The molecule has 2 aromatic heterocycles. The van der Waals surface area contributed by atoms with E-state index in [0.29, 0.717) is 24.6 Å². The number of aromatic nitrogens is 3. The topological polar surface area (TPSA) is 118 Å². The molecular formula is C15H16N4O4. The highest BCUT2D eigenvalue weighted by molar-refractivity contribution is 5.96. The number of pyridine rings is 1. The molecule has 1 saturated carbocycles. The largest absolute Gasteiger partial charge is 0.478 e. The number of carboxylic acid groups (broad SMARTS) is 1. The number of nitrogens with zero attached hydrogens (tertiary/aromatic N) is 3. The average molecular weight is 316 g/mol. The minimum absolute atomic E-state index is 0.0148. The number of carbonyl (C=O) groups excluding carboxylic acids is 1. The van der Waals surface area contributed by atoms with Gasteiger partial charge in [-0.15, -0.1) is 0 Å². The number of aryl methyl sites for hydroxylation is 1. The van der Waals surface area contributed by atoms with Crippen molar-refractivity contribution in [3.05, 3.63) is 41.3 Å². The molecule has 8 nitrogen and oxygen atoms in total. The van der Waals surface area contributed by atoms with Crippen LogP contribution in [-0.2, 0) is 5.54 Å². The Labute approximate surface area is 131 Å². The lowest BCUT2D eigenvalue weighted by Crippen LogP contribution is -2.45. The van der Waals surface area contributed by atoms with Crippen LogP contribution in [0, 0.1) is 6.92 Å². The maximum absolute atomic E-state index is 12.5. The summed E-state index contributed by atoms with van der Waals surface area (Å²) in [4.78, 5) is 31.7. The minimum Gasteiger partial charge on any atom is -0.478 e. The third-order valence-corrected chi connectivity index (χ3v) is 4.01. The predicted molar refractivity (Wildman–Crippen MR) is 77.8 cm³/mol. The summed E-state index contributed by atoms with van der Waals surface area (Å²) >= 11 is 0. The second kappa shape index (κ2) is 5.79. The number of carbonyl (C=O) groups is 2. The van der Waals surface area contributed by atoms with E-state index in [9.17, 15) is 9.59 Å². The fourth-order valence-electron chi connectivity index (χ4n) is 2.85. The van der Waals surface area contributed by atoms with Gasteiger partial charge >= 0.3 is 5.97 Å². The third-order valence-electron chi connectivity index (χ3n) is 4.01. The van der Waals surface area contributed by atoms with Gasteiger partial charge in [0, 0.05) is 13.1 Å². The van der Waals surface area contributed by atoms with Crippen LogP contribution in [0.25, 0.3) is 0 Å². The summed E-state index contributed by atoms with van der Waals surface area (Å²) in [5.74, 6) is -0.662. The van der Waals surface area contributed by atoms with Gasteiger partial charge in [-0.1, -0.05) is 18.0 Å². The number of hydrogen-bond acceptors (Lipinski definition) is 6. The van der Waals surface area contributed by atoms with Crippen LogP contribution in [0.5, 0.6) is 0 Å². The van der Waals surface area contributed by atoms with Crippen LogP contribution in [0.3, 0.4) is 0 Å².